The van der Waals surface area contributed by atoms with Gasteiger partial charge in [0, 0.05) is 21.4 Å². The number of nitrogens with one attached hydrogen (secondary N) is 1. The lowest BCUT2D eigenvalue weighted by molar-refractivity contribution is 0.484. The van der Waals surface area contributed by atoms with Crippen molar-refractivity contribution >= 4 is 11.3 Å². The van der Waals surface area contributed by atoms with Gasteiger partial charge in [0.1, 0.15) is 5.82 Å². The zero-order valence-electron chi connectivity index (χ0n) is 10.9. The summed E-state index contributed by atoms with van der Waals surface area (Å²) < 4.78 is 40.1. The number of thiophene rings is 1. The smallest absolute Gasteiger partial charge is 0.161 e. The quantitative estimate of drug-likeness (QED) is 0.838. The minimum atomic E-state index is -1.17. The van der Waals surface area contributed by atoms with E-state index in [1.807, 2.05) is 19.9 Å². The Morgan fingerprint density at radius 1 is 1.00 bits per heavy atom. The zero-order chi connectivity index (χ0) is 14.2. The van der Waals surface area contributed by atoms with Gasteiger partial charge < -0.3 is 5.32 Å². The van der Waals surface area contributed by atoms with Crippen molar-refractivity contribution in [1.29, 1.82) is 0 Å². The van der Waals surface area contributed by atoms with E-state index in [0.717, 1.165) is 21.4 Å². The molecule has 0 aliphatic heterocycles. The molecule has 1 nitrogen and oxygen atoms in total. The first-order valence-electron chi connectivity index (χ1n) is 5.82. The predicted octanol–water partition coefficient (Wildman–Crippen LogP) is 4.09. The highest BCUT2D eigenvalue weighted by Gasteiger charge is 2.21. The largest absolute Gasteiger partial charge is 0.309 e. The van der Waals surface area contributed by atoms with Crippen LogP contribution >= 0.6 is 11.3 Å². The number of benzene rings is 1. The van der Waals surface area contributed by atoms with Crippen molar-refractivity contribution in [2.24, 2.45) is 0 Å². The lowest BCUT2D eigenvalue weighted by Gasteiger charge is -2.16. The number of aryl methyl sites for hydroxylation is 2. The second-order valence-corrected chi connectivity index (χ2v) is 5.69. The average molecular weight is 285 g/mol. The van der Waals surface area contributed by atoms with Crippen LogP contribution in [0.5, 0.6) is 0 Å². The first kappa shape index (κ1) is 14.1. The van der Waals surface area contributed by atoms with Crippen LogP contribution < -0.4 is 5.32 Å². The Hall–Kier alpha value is -1.33. The van der Waals surface area contributed by atoms with E-state index < -0.39 is 23.5 Å². The molecule has 1 N–H and O–H groups in total. The minimum absolute atomic E-state index is 0.114. The Kier molecular flexibility index (Phi) is 3.96. The molecule has 0 fully saturated rings. The zero-order valence-corrected chi connectivity index (χ0v) is 11.7. The maximum atomic E-state index is 13.8. The SMILES string of the molecule is CNC(c1cc(C)c(C)s1)c1cc(F)c(F)cc1F. The number of hydrogen-bond acceptors (Lipinski definition) is 2. The fourth-order valence-corrected chi connectivity index (χ4v) is 3.13. The molecule has 2 rings (SSSR count). The minimum Gasteiger partial charge on any atom is -0.309 e. The van der Waals surface area contributed by atoms with Gasteiger partial charge in [0.2, 0.25) is 0 Å². The summed E-state index contributed by atoms with van der Waals surface area (Å²) >= 11 is 1.52. The highest BCUT2D eigenvalue weighted by Crippen LogP contribution is 2.32. The third kappa shape index (κ3) is 2.67. The maximum absolute atomic E-state index is 13.8. The van der Waals surface area contributed by atoms with E-state index in [2.05, 4.69) is 5.32 Å². The summed E-state index contributed by atoms with van der Waals surface area (Å²) in [7, 11) is 1.66. The molecule has 5 heteroatoms. The predicted molar refractivity (Wildman–Crippen MR) is 71.0 cm³/mol. The summed E-state index contributed by atoms with van der Waals surface area (Å²) in [5.41, 5.74) is 1.21. The van der Waals surface area contributed by atoms with Crippen LogP contribution in [0.1, 0.15) is 26.9 Å². The summed E-state index contributed by atoms with van der Waals surface area (Å²) in [6, 6.07) is 2.95. The molecule has 0 amide bonds. The van der Waals surface area contributed by atoms with Gasteiger partial charge in [-0.3, -0.25) is 0 Å². The molecular formula is C14H14F3NS. The topological polar surface area (TPSA) is 12.0 Å². The summed E-state index contributed by atoms with van der Waals surface area (Å²) in [5, 5.41) is 2.94. The molecule has 0 radical (unpaired) electrons. The number of halogens is 3. The van der Waals surface area contributed by atoms with Crippen molar-refractivity contribution in [3.8, 4) is 0 Å². The molecule has 0 aliphatic carbocycles. The van der Waals surface area contributed by atoms with Crippen LogP contribution in [0.4, 0.5) is 13.2 Å². The normalized spacial score (nSPS) is 12.7. The average Bonchev–Trinajstić information content (AvgIpc) is 2.67. The van der Waals surface area contributed by atoms with Crippen molar-refractivity contribution < 1.29 is 13.2 Å². The van der Waals surface area contributed by atoms with Crippen LogP contribution in [0, 0.1) is 31.3 Å². The summed E-state index contributed by atoms with van der Waals surface area (Å²) in [4.78, 5) is 2.00. The number of hydrogen-bond donors (Lipinski definition) is 1. The maximum Gasteiger partial charge on any atom is 0.161 e. The summed E-state index contributed by atoms with van der Waals surface area (Å²) in [5.74, 6) is -2.96. The summed E-state index contributed by atoms with van der Waals surface area (Å²) in [6.07, 6.45) is 0. The van der Waals surface area contributed by atoms with Gasteiger partial charge >= 0.3 is 0 Å². The van der Waals surface area contributed by atoms with E-state index in [1.165, 1.54) is 11.3 Å². The first-order chi connectivity index (χ1) is 8.93. The molecular weight excluding hydrogens is 271 g/mol. The first-order valence-corrected chi connectivity index (χ1v) is 6.64. The molecule has 1 aromatic carbocycles. The molecule has 0 saturated carbocycles. The van der Waals surface area contributed by atoms with Crippen LogP contribution in [0.15, 0.2) is 18.2 Å². The van der Waals surface area contributed by atoms with Gasteiger partial charge in [0.05, 0.1) is 6.04 Å². The van der Waals surface area contributed by atoms with E-state index >= 15 is 0 Å². The lowest BCUT2D eigenvalue weighted by atomic mass is 10.0. The van der Waals surface area contributed by atoms with Crippen LogP contribution in [-0.4, -0.2) is 7.05 Å². The molecule has 1 heterocycles. The van der Waals surface area contributed by atoms with Crippen molar-refractivity contribution in [2.75, 3.05) is 7.05 Å². The second kappa shape index (κ2) is 5.35. The third-order valence-corrected chi connectivity index (χ3v) is 4.33. The van der Waals surface area contributed by atoms with Gasteiger partial charge in [-0.15, -0.1) is 11.3 Å². The molecule has 0 aliphatic rings. The van der Waals surface area contributed by atoms with Crippen molar-refractivity contribution in [1.82, 2.24) is 5.32 Å². The Morgan fingerprint density at radius 2 is 1.63 bits per heavy atom. The highest BCUT2D eigenvalue weighted by molar-refractivity contribution is 7.12. The van der Waals surface area contributed by atoms with E-state index in [4.69, 9.17) is 0 Å². The molecule has 1 unspecified atom stereocenters. The van der Waals surface area contributed by atoms with Gasteiger partial charge in [-0.2, -0.15) is 0 Å². The summed E-state index contributed by atoms with van der Waals surface area (Å²) in [6.45, 7) is 3.93. The lowest BCUT2D eigenvalue weighted by Crippen LogP contribution is -2.18. The fraction of sp³-hybridized carbons (Fsp3) is 0.286. The molecule has 1 aromatic heterocycles. The van der Waals surface area contributed by atoms with Gasteiger partial charge in [0.15, 0.2) is 11.6 Å². The van der Waals surface area contributed by atoms with Crippen molar-refractivity contribution in [3.63, 3.8) is 0 Å². The Bertz CT molecular complexity index is 587. The molecule has 1 atom stereocenters. The van der Waals surface area contributed by atoms with Gasteiger partial charge in [-0.1, -0.05) is 0 Å². The Balaban J connectivity index is 2.50. The molecule has 2 aromatic rings. The molecule has 19 heavy (non-hydrogen) atoms. The van der Waals surface area contributed by atoms with E-state index in [0.29, 0.717) is 6.07 Å². The van der Waals surface area contributed by atoms with Crippen LogP contribution in [0.3, 0.4) is 0 Å². The second-order valence-electron chi connectivity index (χ2n) is 4.40. The van der Waals surface area contributed by atoms with Crippen LogP contribution in [0.25, 0.3) is 0 Å². The van der Waals surface area contributed by atoms with Gasteiger partial charge in [-0.05, 0) is 38.6 Å². The van der Waals surface area contributed by atoms with Crippen LogP contribution in [0.2, 0.25) is 0 Å². The molecule has 0 saturated heterocycles. The fourth-order valence-electron chi connectivity index (χ4n) is 1.95. The standard InChI is InChI=1S/C14H14F3NS/c1-7-4-13(19-8(7)2)14(18-3)9-5-11(16)12(17)6-10(9)15/h4-6,14,18H,1-3H3. The van der Waals surface area contributed by atoms with Crippen molar-refractivity contribution in [3.05, 3.63) is 56.5 Å². The monoisotopic (exact) mass is 285 g/mol. The third-order valence-electron chi connectivity index (χ3n) is 3.11. The van der Waals surface area contributed by atoms with E-state index in [-0.39, 0.29) is 5.56 Å². The molecule has 0 spiro atoms. The Labute approximate surface area is 114 Å². The van der Waals surface area contributed by atoms with E-state index in [9.17, 15) is 13.2 Å². The highest BCUT2D eigenvalue weighted by atomic mass is 32.1. The van der Waals surface area contributed by atoms with Gasteiger partial charge in [0.25, 0.3) is 0 Å². The van der Waals surface area contributed by atoms with E-state index in [1.54, 1.807) is 7.05 Å². The van der Waals surface area contributed by atoms with Crippen LogP contribution in [-0.2, 0) is 0 Å². The van der Waals surface area contributed by atoms with Crippen molar-refractivity contribution in [2.45, 2.75) is 19.9 Å². The Morgan fingerprint density at radius 3 is 2.16 bits per heavy atom. The molecule has 0 bridgehead atoms. The molecule has 102 valence electrons. The number of rotatable bonds is 3. The van der Waals surface area contributed by atoms with Gasteiger partial charge in [-0.25, -0.2) is 13.2 Å².